The summed E-state index contributed by atoms with van der Waals surface area (Å²) in [6.07, 6.45) is 3.58. The molecule has 1 saturated heterocycles. The van der Waals surface area contributed by atoms with Gasteiger partial charge in [-0.05, 0) is 66.7 Å². The van der Waals surface area contributed by atoms with Gasteiger partial charge in [0.05, 0.1) is 17.7 Å². The molecule has 1 aliphatic heterocycles. The van der Waals surface area contributed by atoms with Gasteiger partial charge in [-0.15, -0.1) is 0 Å². The van der Waals surface area contributed by atoms with Crippen molar-refractivity contribution in [2.24, 2.45) is 4.99 Å². The third-order valence-corrected chi connectivity index (χ3v) is 5.05. The molecule has 2 aromatic rings. The summed E-state index contributed by atoms with van der Waals surface area (Å²) in [5.74, 6) is 1.50. The van der Waals surface area contributed by atoms with Crippen LogP contribution in [0.2, 0.25) is 0 Å². The van der Waals surface area contributed by atoms with Crippen LogP contribution in [-0.2, 0) is 4.79 Å². The molecule has 0 radical (unpaired) electrons. The molecule has 1 heterocycles. The highest BCUT2D eigenvalue weighted by atomic mass is 32.2. The summed E-state index contributed by atoms with van der Waals surface area (Å²) in [6.45, 7) is 6.60. The Morgan fingerprint density at radius 2 is 1.79 bits per heavy atom. The first kappa shape index (κ1) is 19.8. The van der Waals surface area contributed by atoms with E-state index in [0.717, 1.165) is 22.7 Å². The zero-order valence-electron chi connectivity index (χ0n) is 15.9. The third kappa shape index (κ3) is 4.64. The van der Waals surface area contributed by atoms with Crippen LogP contribution in [0.5, 0.6) is 11.5 Å². The second-order valence-electron chi connectivity index (χ2n) is 5.92. The minimum absolute atomic E-state index is 0.0354. The molecular weight excluding hydrogens is 372 g/mol. The number of thioether (sulfide) groups is 1. The lowest BCUT2D eigenvalue weighted by atomic mass is 10.2. The molecule has 0 atom stereocenters. The van der Waals surface area contributed by atoms with Gasteiger partial charge < -0.3 is 9.47 Å². The van der Waals surface area contributed by atoms with E-state index < -0.39 is 0 Å². The highest BCUT2D eigenvalue weighted by Crippen LogP contribution is 2.34. The molecule has 6 heteroatoms. The van der Waals surface area contributed by atoms with E-state index in [1.54, 1.807) is 18.1 Å². The maximum atomic E-state index is 12.8. The first-order chi connectivity index (χ1) is 13.6. The van der Waals surface area contributed by atoms with Crippen LogP contribution in [0.3, 0.4) is 0 Å². The standard InChI is InChI=1S/C22H22N2O3S/c1-4-14-27-19-10-6-16(7-11-19)15-20-21(25)24(5-2)22(28-20)23-17-8-12-18(26-3)13-9-17/h4,6-13,15H,1,5,14H2,2-3H3/b20-15+,23-22?. The van der Waals surface area contributed by atoms with E-state index in [1.807, 2.05) is 61.5 Å². The van der Waals surface area contributed by atoms with Crippen molar-refractivity contribution in [3.8, 4) is 11.5 Å². The van der Waals surface area contributed by atoms with E-state index in [1.165, 1.54) is 11.8 Å². The summed E-state index contributed by atoms with van der Waals surface area (Å²) in [5.41, 5.74) is 1.71. The Morgan fingerprint density at radius 1 is 1.11 bits per heavy atom. The normalized spacial score (nSPS) is 16.6. The fourth-order valence-electron chi connectivity index (χ4n) is 2.60. The van der Waals surface area contributed by atoms with Crippen LogP contribution in [0, 0.1) is 0 Å². The maximum absolute atomic E-state index is 12.8. The number of nitrogens with zero attached hydrogens (tertiary/aromatic N) is 2. The fourth-order valence-corrected chi connectivity index (χ4v) is 3.67. The van der Waals surface area contributed by atoms with Crippen LogP contribution >= 0.6 is 11.8 Å². The summed E-state index contributed by atoms with van der Waals surface area (Å²) >= 11 is 1.38. The minimum atomic E-state index is -0.0354. The van der Waals surface area contributed by atoms with E-state index >= 15 is 0 Å². The number of rotatable bonds is 7. The van der Waals surface area contributed by atoms with Crippen molar-refractivity contribution < 1.29 is 14.3 Å². The van der Waals surface area contributed by atoms with E-state index in [-0.39, 0.29) is 5.91 Å². The van der Waals surface area contributed by atoms with Crippen LogP contribution in [0.1, 0.15) is 12.5 Å². The number of amidine groups is 1. The van der Waals surface area contributed by atoms with Crippen molar-refractivity contribution in [2.45, 2.75) is 6.92 Å². The SMILES string of the molecule is C=CCOc1ccc(/C=C2/SC(=Nc3ccc(OC)cc3)N(CC)C2=O)cc1. The Balaban J connectivity index is 1.81. The van der Waals surface area contributed by atoms with Gasteiger partial charge in [-0.25, -0.2) is 4.99 Å². The lowest BCUT2D eigenvalue weighted by Crippen LogP contribution is -2.28. The number of benzene rings is 2. The Kier molecular flexibility index (Phi) is 6.55. The number of amides is 1. The third-order valence-electron chi connectivity index (χ3n) is 4.05. The van der Waals surface area contributed by atoms with Crippen molar-refractivity contribution in [2.75, 3.05) is 20.3 Å². The smallest absolute Gasteiger partial charge is 0.266 e. The molecule has 144 valence electrons. The topological polar surface area (TPSA) is 51.1 Å². The number of carbonyl (C=O) groups is 1. The molecule has 0 aromatic heterocycles. The summed E-state index contributed by atoms with van der Waals surface area (Å²) in [7, 11) is 1.63. The first-order valence-electron chi connectivity index (χ1n) is 8.92. The number of likely N-dealkylation sites (N-methyl/N-ethyl adjacent to an activating group) is 1. The Morgan fingerprint density at radius 3 is 2.39 bits per heavy atom. The molecule has 1 amide bonds. The molecule has 0 bridgehead atoms. The lowest BCUT2D eigenvalue weighted by Gasteiger charge is -2.12. The van der Waals surface area contributed by atoms with Crippen molar-refractivity contribution in [1.82, 2.24) is 4.90 Å². The molecule has 0 N–H and O–H groups in total. The van der Waals surface area contributed by atoms with Crippen LogP contribution < -0.4 is 9.47 Å². The number of aliphatic imine (C=N–C) groups is 1. The number of hydrogen-bond donors (Lipinski definition) is 0. The molecule has 3 rings (SSSR count). The predicted molar refractivity (Wildman–Crippen MR) is 115 cm³/mol. The minimum Gasteiger partial charge on any atom is -0.497 e. The van der Waals surface area contributed by atoms with Crippen LogP contribution in [0.25, 0.3) is 6.08 Å². The zero-order valence-corrected chi connectivity index (χ0v) is 16.7. The number of carbonyl (C=O) groups excluding carboxylic acids is 1. The van der Waals surface area contributed by atoms with E-state index in [0.29, 0.717) is 23.2 Å². The molecule has 28 heavy (non-hydrogen) atoms. The Hall–Kier alpha value is -2.99. The first-order valence-corrected chi connectivity index (χ1v) is 9.74. The van der Waals surface area contributed by atoms with E-state index in [4.69, 9.17) is 9.47 Å². The zero-order chi connectivity index (χ0) is 19.9. The maximum Gasteiger partial charge on any atom is 0.266 e. The molecule has 0 unspecified atom stereocenters. The van der Waals surface area contributed by atoms with Crippen molar-refractivity contribution >= 4 is 34.6 Å². The average molecular weight is 394 g/mol. The molecular formula is C22H22N2O3S. The van der Waals surface area contributed by atoms with Gasteiger partial charge in [-0.1, -0.05) is 24.8 Å². The molecule has 1 fully saturated rings. The number of hydrogen-bond acceptors (Lipinski definition) is 5. The van der Waals surface area contributed by atoms with Gasteiger partial charge in [0.15, 0.2) is 5.17 Å². The average Bonchev–Trinajstić information content (AvgIpc) is 3.02. The molecule has 1 aliphatic rings. The predicted octanol–water partition coefficient (Wildman–Crippen LogP) is 4.88. The van der Waals surface area contributed by atoms with Crippen molar-refractivity contribution in [3.63, 3.8) is 0 Å². The summed E-state index contributed by atoms with van der Waals surface area (Å²) in [4.78, 5) is 19.7. The highest BCUT2D eigenvalue weighted by Gasteiger charge is 2.32. The van der Waals surface area contributed by atoms with Gasteiger partial charge in [0, 0.05) is 6.54 Å². The Bertz CT molecular complexity index is 902. The van der Waals surface area contributed by atoms with Crippen LogP contribution in [0.15, 0.2) is 71.1 Å². The molecule has 0 aliphatic carbocycles. The van der Waals surface area contributed by atoms with Gasteiger partial charge in [0.2, 0.25) is 0 Å². The van der Waals surface area contributed by atoms with Crippen molar-refractivity contribution in [3.05, 3.63) is 71.7 Å². The summed E-state index contributed by atoms with van der Waals surface area (Å²) in [5, 5.41) is 0.676. The van der Waals surface area contributed by atoms with Crippen LogP contribution in [0.4, 0.5) is 5.69 Å². The van der Waals surface area contributed by atoms with Crippen molar-refractivity contribution in [1.29, 1.82) is 0 Å². The fraction of sp³-hybridized carbons (Fsp3) is 0.182. The lowest BCUT2D eigenvalue weighted by molar-refractivity contribution is -0.122. The van der Waals surface area contributed by atoms with E-state index in [9.17, 15) is 4.79 Å². The molecule has 0 saturated carbocycles. The monoisotopic (exact) mass is 394 g/mol. The Labute approximate surface area is 169 Å². The van der Waals surface area contributed by atoms with Gasteiger partial charge in [0.25, 0.3) is 5.91 Å². The largest absolute Gasteiger partial charge is 0.497 e. The molecule has 2 aromatic carbocycles. The number of ether oxygens (including phenoxy) is 2. The molecule has 0 spiro atoms. The quantitative estimate of drug-likeness (QED) is 0.496. The summed E-state index contributed by atoms with van der Waals surface area (Å²) in [6, 6.07) is 15.0. The highest BCUT2D eigenvalue weighted by molar-refractivity contribution is 8.18. The van der Waals surface area contributed by atoms with Gasteiger partial charge in [-0.3, -0.25) is 9.69 Å². The van der Waals surface area contributed by atoms with E-state index in [2.05, 4.69) is 11.6 Å². The second kappa shape index (κ2) is 9.28. The number of methoxy groups -OCH3 is 1. The van der Waals surface area contributed by atoms with Gasteiger partial charge in [-0.2, -0.15) is 0 Å². The summed E-state index contributed by atoms with van der Waals surface area (Å²) < 4.78 is 10.7. The second-order valence-corrected chi connectivity index (χ2v) is 6.93. The molecule has 5 nitrogen and oxygen atoms in total. The van der Waals surface area contributed by atoms with Gasteiger partial charge in [0.1, 0.15) is 18.1 Å². The van der Waals surface area contributed by atoms with Crippen LogP contribution in [-0.4, -0.2) is 36.2 Å². The van der Waals surface area contributed by atoms with Gasteiger partial charge >= 0.3 is 0 Å².